The van der Waals surface area contributed by atoms with Gasteiger partial charge in [-0.25, -0.2) is 0 Å². The van der Waals surface area contributed by atoms with Gasteiger partial charge in [-0.05, 0) is 46.5 Å². The summed E-state index contributed by atoms with van der Waals surface area (Å²) in [6.45, 7) is 2.15. The molecule has 0 saturated heterocycles. The summed E-state index contributed by atoms with van der Waals surface area (Å²) in [4.78, 5) is 1.41. The Morgan fingerprint density at radius 1 is 1.41 bits per heavy atom. The van der Waals surface area contributed by atoms with Gasteiger partial charge in [0.1, 0.15) is 0 Å². The second kappa shape index (κ2) is 7.82. The van der Waals surface area contributed by atoms with Gasteiger partial charge < -0.3 is 5.32 Å². The Hall–Kier alpha value is 0.490. The number of thiophene rings is 1. The van der Waals surface area contributed by atoms with Crippen molar-refractivity contribution in [2.45, 2.75) is 32.2 Å². The second-order valence-corrected chi connectivity index (χ2v) is 7.69. The van der Waals surface area contributed by atoms with Gasteiger partial charge in [-0.2, -0.15) is 11.8 Å². The molecule has 1 aliphatic rings. The lowest BCUT2D eigenvalue weighted by Crippen LogP contribution is -2.16. The molecule has 17 heavy (non-hydrogen) atoms. The second-order valence-electron chi connectivity index (χ2n) is 4.63. The lowest BCUT2D eigenvalue weighted by Gasteiger charge is -2.08. The zero-order chi connectivity index (χ0) is 11.9. The summed E-state index contributed by atoms with van der Waals surface area (Å²) in [5.74, 6) is 3.66. The third kappa shape index (κ3) is 5.33. The van der Waals surface area contributed by atoms with Crippen LogP contribution in [0.15, 0.2) is 15.9 Å². The van der Waals surface area contributed by atoms with Gasteiger partial charge in [-0.1, -0.05) is 12.8 Å². The van der Waals surface area contributed by atoms with Crippen LogP contribution in [0.4, 0.5) is 0 Å². The predicted octanol–water partition coefficient (Wildman–Crippen LogP) is 4.52. The van der Waals surface area contributed by atoms with E-state index in [4.69, 9.17) is 0 Å². The van der Waals surface area contributed by atoms with Crippen LogP contribution in [0.2, 0.25) is 0 Å². The minimum atomic E-state index is 1.01. The van der Waals surface area contributed by atoms with E-state index in [1.165, 1.54) is 46.5 Å². The van der Waals surface area contributed by atoms with Crippen molar-refractivity contribution in [3.05, 3.63) is 20.8 Å². The summed E-state index contributed by atoms with van der Waals surface area (Å²) in [6.07, 6.45) is 5.89. The molecule has 0 bridgehead atoms. The van der Waals surface area contributed by atoms with Gasteiger partial charge in [0.25, 0.3) is 0 Å². The summed E-state index contributed by atoms with van der Waals surface area (Å²) in [5, 5.41) is 5.65. The normalized spacial score (nSPS) is 16.8. The highest BCUT2D eigenvalue weighted by Crippen LogP contribution is 2.27. The molecule has 1 aliphatic carbocycles. The average Bonchev–Trinajstić information content (AvgIpc) is 2.95. The van der Waals surface area contributed by atoms with Gasteiger partial charge in [0, 0.05) is 33.6 Å². The maximum Gasteiger partial charge on any atom is 0.0300 e. The Morgan fingerprint density at radius 2 is 2.24 bits per heavy atom. The topological polar surface area (TPSA) is 12.0 Å². The number of nitrogens with one attached hydrogen (secondary N) is 1. The van der Waals surface area contributed by atoms with E-state index in [1.54, 1.807) is 0 Å². The Morgan fingerprint density at radius 3 is 2.94 bits per heavy atom. The minimum Gasteiger partial charge on any atom is -0.311 e. The van der Waals surface area contributed by atoms with E-state index in [1.807, 2.05) is 11.3 Å². The number of thioether (sulfide) groups is 1. The molecule has 1 aromatic heterocycles. The molecule has 0 spiro atoms. The molecule has 1 heterocycles. The van der Waals surface area contributed by atoms with Crippen LogP contribution in [0.1, 0.15) is 30.6 Å². The van der Waals surface area contributed by atoms with Crippen molar-refractivity contribution in [3.8, 4) is 0 Å². The van der Waals surface area contributed by atoms with Crippen LogP contribution in [0.25, 0.3) is 0 Å². The maximum absolute atomic E-state index is 3.51. The highest BCUT2D eigenvalue weighted by atomic mass is 79.9. The van der Waals surface area contributed by atoms with Gasteiger partial charge >= 0.3 is 0 Å². The first kappa shape index (κ1) is 13.9. The van der Waals surface area contributed by atoms with Crippen LogP contribution in [-0.2, 0) is 6.54 Å². The van der Waals surface area contributed by atoms with E-state index >= 15 is 0 Å². The molecule has 1 aromatic rings. The van der Waals surface area contributed by atoms with Crippen molar-refractivity contribution >= 4 is 39.0 Å². The molecule has 0 aliphatic heterocycles. The number of halogens is 1. The zero-order valence-electron chi connectivity index (χ0n) is 10.1. The standard InChI is InChI=1S/C13H20BrNS2/c14-12-7-13(17-10-12)8-15-5-6-16-9-11-3-1-2-4-11/h7,10-11,15H,1-6,8-9H2. The van der Waals surface area contributed by atoms with E-state index in [0.29, 0.717) is 0 Å². The van der Waals surface area contributed by atoms with E-state index in [-0.39, 0.29) is 0 Å². The zero-order valence-corrected chi connectivity index (χ0v) is 13.3. The molecular weight excluding hydrogens is 314 g/mol. The lowest BCUT2D eigenvalue weighted by molar-refractivity contribution is 0.622. The molecule has 0 amide bonds. The molecule has 0 aromatic carbocycles. The van der Waals surface area contributed by atoms with E-state index < -0.39 is 0 Å². The van der Waals surface area contributed by atoms with Crippen molar-refractivity contribution in [3.63, 3.8) is 0 Å². The van der Waals surface area contributed by atoms with E-state index in [0.717, 1.165) is 19.0 Å². The van der Waals surface area contributed by atoms with Crippen molar-refractivity contribution in [1.29, 1.82) is 0 Å². The summed E-state index contributed by atoms with van der Waals surface area (Å²) in [7, 11) is 0. The largest absolute Gasteiger partial charge is 0.311 e. The smallest absolute Gasteiger partial charge is 0.0300 e. The Bertz CT molecular complexity index is 321. The quantitative estimate of drug-likeness (QED) is 0.736. The molecule has 1 saturated carbocycles. The molecule has 0 unspecified atom stereocenters. The first-order chi connectivity index (χ1) is 8.34. The van der Waals surface area contributed by atoms with Gasteiger partial charge in [0.15, 0.2) is 0 Å². The third-order valence-electron chi connectivity index (χ3n) is 3.17. The summed E-state index contributed by atoms with van der Waals surface area (Å²) in [6, 6.07) is 2.20. The van der Waals surface area contributed by atoms with E-state index in [9.17, 15) is 0 Å². The minimum absolute atomic E-state index is 1.01. The van der Waals surface area contributed by atoms with Crippen LogP contribution < -0.4 is 5.32 Å². The van der Waals surface area contributed by atoms with Crippen molar-refractivity contribution < 1.29 is 0 Å². The van der Waals surface area contributed by atoms with Crippen LogP contribution in [0.5, 0.6) is 0 Å². The first-order valence-corrected chi connectivity index (χ1v) is 9.18. The monoisotopic (exact) mass is 333 g/mol. The molecule has 96 valence electrons. The molecular formula is C13H20BrNS2. The maximum atomic E-state index is 3.51. The molecule has 4 heteroatoms. The molecule has 1 N–H and O–H groups in total. The fourth-order valence-electron chi connectivity index (χ4n) is 2.23. The Kier molecular flexibility index (Phi) is 6.40. The lowest BCUT2D eigenvalue weighted by atomic mass is 10.1. The van der Waals surface area contributed by atoms with Gasteiger partial charge in [-0.3, -0.25) is 0 Å². The summed E-state index contributed by atoms with van der Waals surface area (Å²) < 4.78 is 1.20. The molecule has 0 atom stereocenters. The SMILES string of the molecule is Brc1csc(CNCCSCC2CCCC2)c1. The van der Waals surface area contributed by atoms with Crippen molar-refractivity contribution in [2.75, 3.05) is 18.1 Å². The predicted molar refractivity (Wildman–Crippen MR) is 83.0 cm³/mol. The third-order valence-corrected chi connectivity index (χ3v) is 6.07. The van der Waals surface area contributed by atoms with Crippen LogP contribution in [0, 0.1) is 5.92 Å². The molecule has 2 rings (SSSR count). The number of hydrogen-bond donors (Lipinski definition) is 1. The average molecular weight is 334 g/mol. The summed E-state index contributed by atoms with van der Waals surface area (Å²) in [5.41, 5.74) is 0. The van der Waals surface area contributed by atoms with Crippen LogP contribution in [0.3, 0.4) is 0 Å². The number of hydrogen-bond acceptors (Lipinski definition) is 3. The van der Waals surface area contributed by atoms with Crippen molar-refractivity contribution in [1.82, 2.24) is 5.32 Å². The first-order valence-electron chi connectivity index (χ1n) is 6.36. The van der Waals surface area contributed by atoms with Gasteiger partial charge in [-0.15, -0.1) is 11.3 Å². The fourth-order valence-corrected chi connectivity index (χ4v) is 4.77. The molecule has 1 fully saturated rings. The van der Waals surface area contributed by atoms with Gasteiger partial charge in [0.05, 0.1) is 0 Å². The highest BCUT2D eigenvalue weighted by molar-refractivity contribution is 9.10. The summed E-state index contributed by atoms with van der Waals surface area (Å²) >= 11 is 7.42. The van der Waals surface area contributed by atoms with E-state index in [2.05, 4.69) is 44.5 Å². The van der Waals surface area contributed by atoms with Crippen LogP contribution in [-0.4, -0.2) is 18.1 Å². The Labute approximate surface area is 121 Å². The highest BCUT2D eigenvalue weighted by Gasteiger charge is 2.14. The molecule has 0 radical (unpaired) electrons. The Balaban J connectivity index is 1.46. The molecule has 1 nitrogen and oxygen atoms in total. The van der Waals surface area contributed by atoms with Crippen molar-refractivity contribution in [2.24, 2.45) is 5.92 Å². The number of rotatable bonds is 7. The fraction of sp³-hybridized carbons (Fsp3) is 0.692. The van der Waals surface area contributed by atoms with Gasteiger partial charge in [0.2, 0.25) is 0 Å². The van der Waals surface area contributed by atoms with Crippen LogP contribution >= 0.6 is 39.0 Å².